The molecule has 0 aromatic rings. The molecule has 1 unspecified atom stereocenters. The number of carboxylic acids is 1. The molecule has 0 radical (unpaired) electrons. The number of unbranched alkanes of at least 4 members (excludes halogenated alkanes) is 1. The van der Waals surface area contributed by atoms with Crippen LogP contribution in [0, 0.1) is 5.92 Å². The summed E-state index contributed by atoms with van der Waals surface area (Å²) in [5.74, 6) is -0.387. The van der Waals surface area contributed by atoms with Crippen LogP contribution in [0.1, 0.15) is 53.4 Å². The maximum Gasteiger partial charge on any atom is 0.325 e. The van der Waals surface area contributed by atoms with Crippen molar-refractivity contribution in [3.05, 3.63) is 0 Å². The molecule has 1 aliphatic carbocycles. The minimum Gasteiger partial charge on any atom is -0.480 e. The Bertz CT molecular complexity index is 290. The van der Waals surface area contributed by atoms with Crippen LogP contribution in [0.4, 0.5) is 0 Å². The Morgan fingerprint density at radius 2 is 2.05 bits per heavy atom. The van der Waals surface area contributed by atoms with Crippen molar-refractivity contribution in [3.8, 4) is 0 Å². The first-order chi connectivity index (χ1) is 8.96. The normalized spacial score (nSPS) is 18.8. The van der Waals surface area contributed by atoms with Crippen molar-refractivity contribution < 1.29 is 9.90 Å². The van der Waals surface area contributed by atoms with Crippen LogP contribution in [0.3, 0.4) is 0 Å². The maximum absolute atomic E-state index is 11.9. The molecule has 1 atom stereocenters. The molecule has 2 N–H and O–H groups in total. The molecule has 1 rings (SSSR count). The van der Waals surface area contributed by atoms with E-state index in [0.717, 1.165) is 38.8 Å². The topological polar surface area (TPSA) is 52.6 Å². The average molecular weight is 270 g/mol. The predicted octanol–water partition coefficient (Wildman–Crippen LogP) is 2.34. The molecule has 0 bridgehead atoms. The molecule has 0 heterocycles. The summed E-state index contributed by atoms with van der Waals surface area (Å²) in [5, 5.41) is 13.1. The van der Waals surface area contributed by atoms with Gasteiger partial charge >= 0.3 is 5.97 Å². The van der Waals surface area contributed by atoms with Gasteiger partial charge in [0.25, 0.3) is 0 Å². The minimum absolute atomic E-state index is 0.196. The Hall–Kier alpha value is -0.610. The lowest BCUT2D eigenvalue weighted by Crippen LogP contribution is -2.62. The van der Waals surface area contributed by atoms with Gasteiger partial charge in [-0.25, -0.2) is 0 Å². The van der Waals surface area contributed by atoms with E-state index in [2.05, 4.69) is 24.1 Å². The Kier molecular flexibility index (Phi) is 6.27. The van der Waals surface area contributed by atoms with E-state index >= 15 is 0 Å². The predicted molar refractivity (Wildman–Crippen MR) is 78.4 cm³/mol. The van der Waals surface area contributed by atoms with Crippen LogP contribution >= 0.6 is 0 Å². The summed E-state index contributed by atoms with van der Waals surface area (Å²) in [5.41, 5.74) is -0.752. The van der Waals surface area contributed by atoms with Crippen LogP contribution < -0.4 is 5.32 Å². The monoisotopic (exact) mass is 270 g/mol. The van der Waals surface area contributed by atoms with Crippen LogP contribution in [0.5, 0.6) is 0 Å². The largest absolute Gasteiger partial charge is 0.480 e. The molecule has 0 aromatic heterocycles. The molecule has 4 nitrogen and oxygen atoms in total. The first-order valence-corrected chi connectivity index (χ1v) is 7.69. The van der Waals surface area contributed by atoms with Crippen LogP contribution in [0.2, 0.25) is 0 Å². The number of nitrogens with zero attached hydrogens (tertiary/aromatic N) is 1. The Morgan fingerprint density at radius 3 is 2.42 bits per heavy atom. The lowest BCUT2D eigenvalue weighted by molar-refractivity contribution is -0.147. The molecule has 112 valence electrons. The smallest absolute Gasteiger partial charge is 0.325 e. The van der Waals surface area contributed by atoms with Gasteiger partial charge in [0.15, 0.2) is 0 Å². The number of nitrogens with one attached hydrogen (secondary N) is 1. The van der Waals surface area contributed by atoms with E-state index in [4.69, 9.17) is 0 Å². The molecule has 19 heavy (non-hydrogen) atoms. The summed E-state index contributed by atoms with van der Waals surface area (Å²) < 4.78 is 0. The molecule has 0 spiro atoms. The van der Waals surface area contributed by atoms with Crippen molar-refractivity contribution in [1.82, 2.24) is 10.2 Å². The van der Waals surface area contributed by atoms with Gasteiger partial charge in [-0.15, -0.1) is 0 Å². The van der Waals surface area contributed by atoms with E-state index in [1.54, 1.807) is 0 Å². The quantitative estimate of drug-likeness (QED) is 0.640. The number of likely N-dealkylation sites (N-methyl/N-ethyl adjacent to an activating group) is 1. The molecule has 1 fully saturated rings. The van der Waals surface area contributed by atoms with E-state index in [-0.39, 0.29) is 6.04 Å². The standard InChI is InChI=1S/C15H30N2O2/c1-5-7-10-17(6-2)11-15(14(18)19,13-8-9-13)16-12(3)4/h12-13,16H,5-11H2,1-4H3,(H,18,19). The fourth-order valence-corrected chi connectivity index (χ4v) is 2.77. The number of carbonyl (C=O) groups is 1. The number of aliphatic carboxylic acids is 1. The van der Waals surface area contributed by atoms with Gasteiger partial charge in [-0.05, 0) is 52.1 Å². The van der Waals surface area contributed by atoms with Crippen molar-refractivity contribution in [3.63, 3.8) is 0 Å². The minimum atomic E-state index is -0.752. The summed E-state index contributed by atoms with van der Waals surface area (Å²) >= 11 is 0. The van der Waals surface area contributed by atoms with Gasteiger partial charge in [-0.3, -0.25) is 10.1 Å². The van der Waals surface area contributed by atoms with Crippen molar-refractivity contribution in [2.75, 3.05) is 19.6 Å². The van der Waals surface area contributed by atoms with Gasteiger partial charge in [0.1, 0.15) is 5.54 Å². The molecule has 0 aromatic carbocycles. The van der Waals surface area contributed by atoms with Gasteiger partial charge in [-0.1, -0.05) is 20.3 Å². The zero-order valence-electron chi connectivity index (χ0n) is 12.9. The number of hydrogen-bond acceptors (Lipinski definition) is 3. The molecule has 0 amide bonds. The van der Waals surface area contributed by atoms with Crippen LogP contribution in [-0.4, -0.2) is 47.2 Å². The number of hydrogen-bond donors (Lipinski definition) is 2. The van der Waals surface area contributed by atoms with Crippen LogP contribution in [0.15, 0.2) is 0 Å². The second-order valence-electron chi connectivity index (χ2n) is 6.07. The van der Waals surface area contributed by atoms with E-state index in [1.165, 1.54) is 0 Å². The second-order valence-corrected chi connectivity index (χ2v) is 6.07. The third kappa shape index (κ3) is 4.46. The van der Waals surface area contributed by atoms with E-state index < -0.39 is 11.5 Å². The van der Waals surface area contributed by atoms with Crippen molar-refractivity contribution in [2.24, 2.45) is 5.92 Å². The van der Waals surface area contributed by atoms with Gasteiger partial charge < -0.3 is 10.0 Å². The average Bonchev–Trinajstić information content (AvgIpc) is 3.16. The Labute approximate surface area is 117 Å². The number of rotatable bonds is 10. The zero-order valence-corrected chi connectivity index (χ0v) is 12.9. The SMILES string of the molecule is CCCCN(CC)CC(NC(C)C)(C(=O)O)C1CC1. The first kappa shape index (κ1) is 16.4. The lowest BCUT2D eigenvalue weighted by Gasteiger charge is -2.37. The van der Waals surface area contributed by atoms with E-state index in [0.29, 0.717) is 12.5 Å². The zero-order chi connectivity index (χ0) is 14.5. The van der Waals surface area contributed by atoms with E-state index in [1.807, 2.05) is 13.8 Å². The van der Waals surface area contributed by atoms with Crippen LogP contribution in [0.25, 0.3) is 0 Å². The fourth-order valence-electron chi connectivity index (χ4n) is 2.77. The van der Waals surface area contributed by atoms with Gasteiger partial charge in [0, 0.05) is 12.6 Å². The number of carboxylic acid groups (broad SMARTS) is 1. The highest BCUT2D eigenvalue weighted by Gasteiger charge is 2.52. The molecular formula is C15H30N2O2. The highest BCUT2D eigenvalue weighted by molar-refractivity contribution is 5.80. The second kappa shape index (κ2) is 7.25. The molecule has 1 aliphatic rings. The van der Waals surface area contributed by atoms with Crippen molar-refractivity contribution >= 4 is 5.97 Å². The molecule has 0 aliphatic heterocycles. The third-order valence-corrected chi connectivity index (χ3v) is 3.95. The Morgan fingerprint density at radius 1 is 1.42 bits per heavy atom. The summed E-state index contributed by atoms with van der Waals surface area (Å²) in [4.78, 5) is 14.2. The summed E-state index contributed by atoms with van der Waals surface area (Å²) in [6, 6.07) is 0.196. The lowest BCUT2D eigenvalue weighted by atomic mass is 9.91. The molecular weight excluding hydrogens is 240 g/mol. The van der Waals surface area contributed by atoms with Crippen LogP contribution in [-0.2, 0) is 4.79 Å². The van der Waals surface area contributed by atoms with Gasteiger partial charge in [0.2, 0.25) is 0 Å². The molecule has 1 saturated carbocycles. The summed E-state index contributed by atoms with van der Waals surface area (Å²) in [6.07, 6.45) is 4.36. The highest BCUT2D eigenvalue weighted by atomic mass is 16.4. The Balaban J connectivity index is 2.79. The van der Waals surface area contributed by atoms with Gasteiger partial charge in [0.05, 0.1) is 0 Å². The fraction of sp³-hybridized carbons (Fsp3) is 0.933. The summed E-state index contributed by atoms with van der Waals surface area (Å²) in [6.45, 7) is 10.9. The van der Waals surface area contributed by atoms with Crippen molar-refractivity contribution in [1.29, 1.82) is 0 Å². The summed E-state index contributed by atoms with van der Waals surface area (Å²) in [7, 11) is 0. The van der Waals surface area contributed by atoms with Gasteiger partial charge in [-0.2, -0.15) is 0 Å². The van der Waals surface area contributed by atoms with E-state index in [9.17, 15) is 9.90 Å². The highest BCUT2D eigenvalue weighted by Crippen LogP contribution is 2.40. The van der Waals surface area contributed by atoms with Crippen molar-refractivity contribution in [2.45, 2.75) is 65.0 Å². The third-order valence-electron chi connectivity index (χ3n) is 3.95. The molecule has 0 saturated heterocycles. The maximum atomic E-state index is 11.9. The first-order valence-electron chi connectivity index (χ1n) is 7.69. The molecule has 4 heteroatoms.